The minimum absolute atomic E-state index is 0. The minimum atomic E-state index is -3.67. The molecule has 0 spiro atoms. The lowest BCUT2D eigenvalue weighted by Crippen LogP contribution is -2.49. The molecule has 142 valence electrons. The number of rotatable bonds is 4. The van der Waals surface area contributed by atoms with Gasteiger partial charge in [-0.05, 0) is 13.3 Å². The van der Waals surface area contributed by atoms with Crippen LogP contribution >= 0.6 is 12.4 Å². The van der Waals surface area contributed by atoms with Crippen LogP contribution in [0.25, 0.3) is 0 Å². The molecule has 1 aromatic heterocycles. The van der Waals surface area contributed by atoms with Gasteiger partial charge < -0.3 is 14.5 Å². The van der Waals surface area contributed by atoms with Crippen LogP contribution in [0.5, 0.6) is 0 Å². The van der Waals surface area contributed by atoms with Gasteiger partial charge in [-0.15, -0.1) is 12.4 Å². The largest absolute Gasteiger partial charge is 0.463 e. The second-order valence-corrected chi connectivity index (χ2v) is 8.02. The van der Waals surface area contributed by atoms with Gasteiger partial charge in [0, 0.05) is 51.4 Å². The van der Waals surface area contributed by atoms with Crippen molar-refractivity contribution in [3.8, 4) is 0 Å². The smallest absolute Gasteiger partial charge is 0.373 e. The summed E-state index contributed by atoms with van der Waals surface area (Å²) < 4.78 is 37.1. The van der Waals surface area contributed by atoms with Crippen molar-refractivity contribution >= 4 is 28.4 Å². The summed E-state index contributed by atoms with van der Waals surface area (Å²) in [4.78, 5) is 13.9. The fraction of sp³-hybridized carbons (Fsp3) is 0.667. The van der Waals surface area contributed by atoms with Crippen LogP contribution in [0, 0.1) is 6.92 Å². The number of hydrogen-bond acceptors (Lipinski definition) is 7. The highest BCUT2D eigenvalue weighted by atomic mass is 35.5. The first-order chi connectivity index (χ1) is 11.4. The molecule has 2 saturated heterocycles. The fourth-order valence-electron chi connectivity index (χ4n) is 3.34. The lowest BCUT2D eigenvalue weighted by Gasteiger charge is -2.32. The van der Waals surface area contributed by atoms with Crippen molar-refractivity contribution in [1.82, 2.24) is 14.5 Å². The maximum absolute atomic E-state index is 12.9. The topological polar surface area (TPSA) is 92.1 Å². The Labute approximate surface area is 153 Å². The molecule has 1 N–H and O–H groups in total. The normalized spacial score (nSPS) is 22.6. The van der Waals surface area contributed by atoms with E-state index in [0.717, 1.165) is 32.6 Å². The molecule has 2 aliphatic heterocycles. The second-order valence-electron chi connectivity index (χ2n) is 6.11. The van der Waals surface area contributed by atoms with E-state index in [4.69, 9.17) is 4.42 Å². The van der Waals surface area contributed by atoms with Crippen molar-refractivity contribution < 1.29 is 22.4 Å². The molecule has 3 heterocycles. The van der Waals surface area contributed by atoms with Gasteiger partial charge in [0.15, 0.2) is 0 Å². The van der Waals surface area contributed by atoms with E-state index in [2.05, 4.69) is 15.0 Å². The van der Waals surface area contributed by atoms with E-state index in [1.54, 1.807) is 6.92 Å². The van der Waals surface area contributed by atoms with Crippen molar-refractivity contribution in [1.29, 1.82) is 0 Å². The number of methoxy groups -OCH3 is 1. The Bertz CT molecular complexity index is 715. The van der Waals surface area contributed by atoms with E-state index >= 15 is 0 Å². The van der Waals surface area contributed by atoms with Crippen LogP contribution in [-0.2, 0) is 14.8 Å². The monoisotopic (exact) mass is 393 g/mol. The first kappa shape index (κ1) is 20.2. The Morgan fingerprint density at radius 2 is 2.00 bits per heavy atom. The predicted molar refractivity (Wildman–Crippen MR) is 93.6 cm³/mol. The Morgan fingerprint density at radius 3 is 2.64 bits per heavy atom. The Hall–Kier alpha value is -1.13. The molecule has 25 heavy (non-hydrogen) atoms. The third kappa shape index (κ3) is 4.01. The number of carbonyl (C=O) groups is 1. The third-order valence-corrected chi connectivity index (χ3v) is 6.64. The number of nitrogens with one attached hydrogen (secondary N) is 1. The highest BCUT2D eigenvalue weighted by Gasteiger charge is 2.37. The summed E-state index contributed by atoms with van der Waals surface area (Å²) in [5.41, 5.74) is 0. The number of aryl methyl sites for hydroxylation is 1. The van der Waals surface area contributed by atoms with Gasteiger partial charge in [-0.25, -0.2) is 13.2 Å². The molecule has 2 fully saturated rings. The molecule has 0 aliphatic carbocycles. The fourth-order valence-corrected chi connectivity index (χ4v) is 4.99. The lowest BCUT2D eigenvalue weighted by atomic mass is 10.2. The van der Waals surface area contributed by atoms with Crippen LogP contribution in [0.1, 0.15) is 22.7 Å². The molecule has 0 amide bonds. The highest BCUT2D eigenvalue weighted by molar-refractivity contribution is 7.89. The molecule has 1 aromatic rings. The average Bonchev–Trinajstić information content (AvgIpc) is 3.22. The molecule has 1 unspecified atom stereocenters. The highest BCUT2D eigenvalue weighted by Crippen LogP contribution is 2.28. The predicted octanol–water partition coefficient (Wildman–Crippen LogP) is 0.465. The average molecular weight is 394 g/mol. The minimum Gasteiger partial charge on any atom is -0.463 e. The number of ether oxygens (including phenoxy) is 1. The van der Waals surface area contributed by atoms with Gasteiger partial charge >= 0.3 is 5.97 Å². The van der Waals surface area contributed by atoms with E-state index in [9.17, 15) is 13.2 Å². The first-order valence-electron chi connectivity index (χ1n) is 8.07. The van der Waals surface area contributed by atoms with E-state index in [0.29, 0.717) is 13.1 Å². The molecule has 2 aliphatic rings. The van der Waals surface area contributed by atoms with Gasteiger partial charge in [0.2, 0.25) is 15.8 Å². The van der Waals surface area contributed by atoms with Crippen molar-refractivity contribution in [2.75, 3.05) is 46.4 Å². The van der Waals surface area contributed by atoms with Crippen molar-refractivity contribution in [2.24, 2.45) is 0 Å². The number of carbonyl (C=O) groups excluding carboxylic acids is 1. The van der Waals surface area contributed by atoms with Crippen LogP contribution < -0.4 is 5.32 Å². The molecule has 1 atom stereocenters. The van der Waals surface area contributed by atoms with E-state index < -0.39 is 16.0 Å². The summed E-state index contributed by atoms with van der Waals surface area (Å²) >= 11 is 0. The van der Waals surface area contributed by atoms with Gasteiger partial charge in [-0.2, -0.15) is 4.31 Å². The van der Waals surface area contributed by atoms with Gasteiger partial charge in [0.1, 0.15) is 10.7 Å². The summed E-state index contributed by atoms with van der Waals surface area (Å²) in [5.74, 6) is -0.563. The van der Waals surface area contributed by atoms with E-state index in [1.807, 2.05) is 0 Å². The molecule has 0 radical (unpaired) electrons. The van der Waals surface area contributed by atoms with Crippen LogP contribution in [0.4, 0.5) is 0 Å². The summed E-state index contributed by atoms with van der Waals surface area (Å²) in [5, 5.41) is 3.30. The summed E-state index contributed by atoms with van der Waals surface area (Å²) in [6.45, 7) is 6.25. The summed E-state index contributed by atoms with van der Waals surface area (Å²) in [6.07, 6.45) is 0.819. The van der Waals surface area contributed by atoms with Gasteiger partial charge in [-0.1, -0.05) is 0 Å². The number of esters is 1. The third-order valence-electron chi connectivity index (χ3n) is 4.67. The molecule has 0 aromatic carbocycles. The zero-order valence-electron chi connectivity index (χ0n) is 14.4. The van der Waals surface area contributed by atoms with Crippen LogP contribution in [0.2, 0.25) is 0 Å². The number of hydrogen-bond donors (Lipinski definition) is 1. The number of furan rings is 1. The molecule has 8 nitrogen and oxygen atoms in total. The van der Waals surface area contributed by atoms with Crippen LogP contribution in [0.15, 0.2) is 15.4 Å². The number of piperazine rings is 1. The number of halogens is 1. The molecule has 0 saturated carbocycles. The Kier molecular flexibility index (Phi) is 6.50. The Balaban J connectivity index is 0.00000225. The maximum atomic E-state index is 12.9. The molecular weight excluding hydrogens is 370 g/mol. The molecule has 0 bridgehead atoms. The van der Waals surface area contributed by atoms with Gasteiger partial charge in [0.25, 0.3) is 0 Å². The summed E-state index contributed by atoms with van der Waals surface area (Å²) in [6, 6.07) is 1.50. The SMILES string of the molecule is COC(=O)c1cc(S(=O)(=O)N2CCC(N3CCNCC3)C2)c(C)o1.Cl. The molecular formula is C15H24ClN3O5S. The summed E-state index contributed by atoms with van der Waals surface area (Å²) in [7, 11) is -2.44. The standard InChI is InChI=1S/C15H23N3O5S.ClH/c1-11-14(9-13(23-11)15(19)22-2)24(20,21)18-6-3-12(10-18)17-7-4-16-5-8-17;/h9,12,16H,3-8,10H2,1-2H3;1H. The number of nitrogens with zero attached hydrogens (tertiary/aromatic N) is 2. The van der Waals surface area contributed by atoms with Gasteiger partial charge in [0.05, 0.1) is 7.11 Å². The lowest BCUT2D eigenvalue weighted by molar-refractivity contribution is 0.0563. The Morgan fingerprint density at radius 1 is 1.32 bits per heavy atom. The molecule has 3 rings (SSSR count). The van der Waals surface area contributed by atoms with E-state index in [1.165, 1.54) is 17.5 Å². The quantitative estimate of drug-likeness (QED) is 0.743. The van der Waals surface area contributed by atoms with E-state index in [-0.39, 0.29) is 34.9 Å². The van der Waals surface area contributed by atoms with Crippen molar-refractivity contribution in [3.63, 3.8) is 0 Å². The van der Waals surface area contributed by atoms with Crippen molar-refractivity contribution in [3.05, 3.63) is 17.6 Å². The zero-order chi connectivity index (χ0) is 17.3. The van der Waals surface area contributed by atoms with Crippen molar-refractivity contribution in [2.45, 2.75) is 24.3 Å². The first-order valence-corrected chi connectivity index (χ1v) is 9.51. The van der Waals surface area contributed by atoms with Gasteiger partial charge in [-0.3, -0.25) is 4.90 Å². The zero-order valence-corrected chi connectivity index (χ0v) is 16.0. The second kappa shape index (κ2) is 8.05. The molecule has 10 heteroatoms. The number of sulfonamides is 1. The maximum Gasteiger partial charge on any atom is 0.373 e. The van der Waals surface area contributed by atoms with Crippen LogP contribution in [-0.4, -0.2) is 76.0 Å². The van der Waals surface area contributed by atoms with Crippen LogP contribution in [0.3, 0.4) is 0 Å².